The molecule has 1 N–H and O–H groups in total. The van der Waals surface area contributed by atoms with E-state index in [0.717, 1.165) is 37.1 Å². The number of hydrogen-bond donors (Lipinski definition) is 1. The van der Waals surface area contributed by atoms with Crippen LogP contribution >= 0.6 is 34.5 Å². The molecule has 11 heteroatoms. The zero-order valence-corrected chi connectivity index (χ0v) is 22.4. The van der Waals surface area contributed by atoms with Gasteiger partial charge in [0.2, 0.25) is 0 Å². The van der Waals surface area contributed by atoms with Crippen LogP contribution in [0.2, 0.25) is 0 Å². The Labute approximate surface area is 228 Å². The molecule has 1 saturated heterocycles. The van der Waals surface area contributed by atoms with Crippen LogP contribution in [0.1, 0.15) is 35.4 Å². The maximum absolute atomic E-state index is 13.4. The second kappa shape index (κ2) is 12.0. The minimum absolute atomic E-state index is 0.0906. The van der Waals surface area contributed by atoms with Crippen molar-refractivity contribution < 1.29 is 14.1 Å². The molecule has 1 aromatic carbocycles. The van der Waals surface area contributed by atoms with Crippen molar-refractivity contribution in [2.75, 3.05) is 24.5 Å². The number of carbonyl (C=O) groups is 2. The number of amides is 2. The lowest BCUT2D eigenvalue weighted by molar-refractivity contribution is -0.125. The molecule has 3 aromatic heterocycles. The summed E-state index contributed by atoms with van der Waals surface area (Å²) in [5, 5.41) is 8.55. The molecule has 192 valence electrons. The number of halogens is 1. The molecule has 0 saturated carbocycles. The summed E-state index contributed by atoms with van der Waals surface area (Å²) >= 11 is 8.41. The first-order chi connectivity index (χ1) is 18.1. The van der Waals surface area contributed by atoms with E-state index in [4.69, 9.17) is 21.3 Å². The van der Waals surface area contributed by atoms with Crippen LogP contribution in [0.4, 0.5) is 5.13 Å². The summed E-state index contributed by atoms with van der Waals surface area (Å²) in [6.07, 6.45) is 3.53. The van der Waals surface area contributed by atoms with E-state index in [-0.39, 0.29) is 17.9 Å². The molecule has 0 unspecified atom stereocenters. The molecule has 1 aliphatic heterocycles. The Balaban J connectivity index is 1.32. The Morgan fingerprint density at radius 1 is 1.14 bits per heavy atom. The molecule has 4 aromatic rings. The van der Waals surface area contributed by atoms with Crippen molar-refractivity contribution in [3.8, 4) is 22.7 Å². The van der Waals surface area contributed by atoms with Crippen molar-refractivity contribution in [2.24, 2.45) is 0 Å². The Hall–Kier alpha value is -3.05. The van der Waals surface area contributed by atoms with Gasteiger partial charge in [-0.3, -0.25) is 24.2 Å². The van der Waals surface area contributed by atoms with Gasteiger partial charge in [-0.1, -0.05) is 48.0 Å². The highest BCUT2D eigenvalue weighted by Gasteiger charge is 2.29. The molecule has 1 atom stereocenters. The van der Waals surface area contributed by atoms with Crippen LogP contribution in [0.3, 0.4) is 0 Å². The summed E-state index contributed by atoms with van der Waals surface area (Å²) in [5.74, 6) is 0.291. The first-order valence-corrected chi connectivity index (χ1v) is 14.3. The molecule has 1 fully saturated rings. The first-order valence-electron chi connectivity index (χ1n) is 12.1. The summed E-state index contributed by atoms with van der Waals surface area (Å²) in [7, 11) is 0. The summed E-state index contributed by atoms with van der Waals surface area (Å²) in [4.78, 5) is 37.2. The van der Waals surface area contributed by atoms with Gasteiger partial charge >= 0.3 is 0 Å². The lowest BCUT2D eigenvalue weighted by atomic mass is 10.0. The Morgan fingerprint density at radius 2 is 2.00 bits per heavy atom. The van der Waals surface area contributed by atoms with E-state index in [9.17, 15) is 9.59 Å². The predicted octanol–water partition coefficient (Wildman–Crippen LogP) is 5.69. The highest BCUT2D eigenvalue weighted by molar-refractivity contribution is 7.14. The molecule has 0 radical (unpaired) electrons. The van der Waals surface area contributed by atoms with Crippen molar-refractivity contribution in [2.45, 2.75) is 31.7 Å². The number of piperidine rings is 1. The topological polar surface area (TPSA) is 91.6 Å². The van der Waals surface area contributed by atoms with Crippen molar-refractivity contribution >= 4 is 51.4 Å². The number of hydrogen-bond acceptors (Lipinski definition) is 8. The lowest BCUT2D eigenvalue weighted by Crippen LogP contribution is -2.48. The minimum Gasteiger partial charge on any atom is -0.354 e. The standard InChI is InChI=1S/C26H26ClN5O3S2/c27-29-24(33)21-10-4-5-12-31(21)13-7-14-32(25(34)23-11-6-15-36-23)26-28-20(17-37-26)22-16-19(30-35-22)18-8-2-1-3-9-18/h1-3,6,8-9,11,15-17,21H,4-5,7,10,12-14H2,(H,29,33)/t21-/m0/s1. The number of thiophene rings is 1. The van der Waals surface area contributed by atoms with E-state index in [2.05, 4.69) is 14.9 Å². The fourth-order valence-corrected chi connectivity index (χ4v) is 6.15. The van der Waals surface area contributed by atoms with E-state index in [1.54, 1.807) is 4.90 Å². The number of benzene rings is 1. The molecule has 37 heavy (non-hydrogen) atoms. The molecule has 1 aliphatic rings. The first kappa shape index (κ1) is 25.6. The van der Waals surface area contributed by atoms with Crippen LogP contribution < -0.4 is 9.74 Å². The van der Waals surface area contributed by atoms with Crippen LogP contribution in [0.15, 0.2) is 63.8 Å². The molecule has 0 spiro atoms. The van der Waals surface area contributed by atoms with Gasteiger partial charge in [-0.25, -0.2) is 4.98 Å². The summed E-state index contributed by atoms with van der Waals surface area (Å²) in [6.45, 7) is 2.00. The number of anilines is 1. The Morgan fingerprint density at radius 3 is 2.78 bits per heavy atom. The lowest BCUT2D eigenvalue weighted by Gasteiger charge is -2.34. The number of likely N-dealkylation sites (tertiary alicyclic amines) is 1. The third-order valence-electron chi connectivity index (χ3n) is 6.37. The molecular formula is C26H26ClN5O3S2. The fraction of sp³-hybridized carbons (Fsp3) is 0.308. The number of carbonyl (C=O) groups excluding carboxylic acids is 2. The quantitative estimate of drug-likeness (QED) is 0.267. The van der Waals surface area contributed by atoms with E-state index in [1.165, 1.54) is 22.7 Å². The molecule has 2 amide bonds. The van der Waals surface area contributed by atoms with Crippen molar-refractivity contribution in [1.29, 1.82) is 0 Å². The van der Waals surface area contributed by atoms with Gasteiger partial charge < -0.3 is 4.52 Å². The highest BCUT2D eigenvalue weighted by Crippen LogP contribution is 2.31. The van der Waals surface area contributed by atoms with Gasteiger partial charge in [0, 0.05) is 41.9 Å². The van der Waals surface area contributed by atoms with Crippen LogP contribution in [0, 0.1) is 0 Å². The third kappa shape index (κ3) is 5.93. The third-order valence-corrected chi connectivity index (χ3v) is 8.28. The zero-order valence-electron chi connectivity index (χ0n) is 20.0. The molecule has 8 nitrogen and oxygen atoms in total. The SMILES string of the molecule is O=C(NCl)[C@@H]1CCCCN1CCCN(C(=O)c1cccs1)c1nc(-c2cc(-c3ccccc3)no2)cs1. The predicted molar refractivity (Wildman–Crippen MR) is 147 cm³/mol. The average molecular weight is 556 g/mol. The number of nitrogens with zero attached hydrogens (tertiary/aromatic N) is 4. The van der Waals surface area contributed by atoms with E-state index >= 15 is 0 Å². The number of nitrogens with one attached hydrogen (secondary N) is 1. The largest absolute Gasteiger partial charge is 0.354 e. The molecule has 4 heterocycles. The Bertz CT molecular complexity index is 1320. The van der Waals surface area contributed by atoms with Crippen LogP contribution in [-0.2, 0) is 4.79 Å². The maximum Gasteiger partial charge on any atom is 0.270 e. The summed E-state index contributed by atoms with van der Waals surface area (Å²) in [5.41, 5.74) is 2.32. The maximum atomic E-state index is 13.4. The second-order valence-electron chi connectivity index (χ2n) is 8.75. The molecule has 0 aliphatic carbocycles. The molecule has 5 rings (SSSR count). The summed E-state index contributed by atoms with van der Waals surface area (Å²) < 4.78 is 5.57. The van der Waals surface area contributed by atoms with Gasteiger partial charge in [-0.2, -0.15) is 0 Å². The van der Waals surface area contributed by atoms with Gasteiger partial charge in [0.15, 0.2) is 10.9 Å². The van der Waals surface area contributed by atoms with Gasteiger partial charge in [0.25, 0.3) is 11.8 Å². The summed E-state index contributed by atoms with van der Waals surface area (Å²) in [6, 6.07) is 15.1. The fourth-order valence-electron chi connectivity index (χ4n) is 4.51. The van der Waals surface area contributed by atoms with Gasteiger partial charge in [-0.05, 0) is 37.3 Å². The Kier molecular flexibility index (Phi) is 8.30. The van der Waals surface area contributed by atoms with Crippen molar-refractivity contribution in [1.82, 2.24) is 19.9 Å². The average Bonchev–Trinajstić information content (AvgIpc) is 3.73. The van der Waals surface area contributed by atoms with Gasteiger partial charge in [0.1, 0.15) is 11.4 Å². The van der Waals surface area contributed by atoms with Crippen LogP contribution in [0.25, 0.3) is 22.7 Å². The smallest absolute Gasteiger partial charge is 0.270 e. The van der Waals surface area contributed by atoms with E-state index < -0.39 is 0 Å². The monoisotopic (exact) mass is 555 g/mol. The zero-order chi connectivity index (χ0) is 25.6. The second-order valence-corrected chi connectivity index (χ2v) is 10.7. The van der Waals surface area contributed by atoms with Crippen molar-refractivity contribution in [3.05, 3.63) is 64.2 Å². The van der Waals surface area contributed by atoms with Crippen LogP contribution in [-0.4, -0.2) is 52.5 Å². The molecular weight excluding hydrogens is 530 g/mol. The van der Waals surface area contributed by atoms with Crippen molar-refractivity contribution in [3.63, 3.8) is 0 Å². The van der Waals surface area contributed by atoms with Crippen LogP contribution in [0.5, 0.6) is 0 Å². The van der Waals surface area contributed by atoms with Gasteiger partial charge in [0.05, 0.1) is 10.9 Å². The minimum atomic E-state index is -0.232. The van der Waals surface area contributed by atoms with E-state index in [0.29, 0.717) is 41.0 Å². The number of thiazole rings is 1. The van der Waals surface area contributed by atoms with Gasteiger partial charge in [-0.15, -0.1) is 22.7 Å². The number of rotatable bonds is 9. The highest BCUT2D eigenvalue weighted by atomic mass is 35.5. The normalized spacial score (nSPS) is 16.0. The number of aromatic nitrogens is 2. The molecule has 0 bridgehead atoms. The van der Waals surface area contributed by atoms with E-state index in [1.807, 2.05) is 59.3 Å².